The largest absolute Gasteiger partial charge is 0.295 e. The Bertz CT molecular complexity index is 360. The van der Waals surface area contributed by atoms with E-state index in [4.69, 9.17) is 5.26 Å². The predicted molar refractivity (Wildman–Crippen MR) is 55.3 cm³/mol. The fraction of sp³-hybridized carbons (Fsp3) is 0.167. The number of carbonyl (C=O) groups excluding carboxylic acids is 1. The molecule has 0 radical (unpaired) electrons. The molecule has 0 saturated carbocycles. The summed E-state index contributed by atoms with van der Waals surface area (Å²) in [6, 6.07) is 11.5. The standard InChI is InChI=1S/C12H11NO/c13-10-4-7-12(14)9-8-11-5-2-1-3-6-11/h1-3,5-6,8-9H,4,7H2/b9-8+. The Kier molecular flexibility index (Phi) is 4.16. The van der Waals surface area contributed by atoms with Crippen LogP contribution in [0.3, 0.4) is 0 Å². The number of ketones is 1. The maximum absolute atomic E-state index is 11.1. The van der Waals surface area contributed by atoms with E-state index in [1.165, 1.54) is 6.08 Å². The number of nitriles is 1. The summed E-state index contributed by atoms with van der Waals surface area (Å²) in [6.07, 6.45) is 3.88. The van der Waals surface area contributed by atoms with Gasteiger partial charge in [-0.05, 0) is 11.6 Å². The average Bonchev–Trinajstić information content (AvgIpc) is 2.25. The molecule has 1 aromatic rings. The van der Waals surface area contributed by atoms with E-state index in [9.17, 15) is 4.79 Å². The molecule has 2 heteroatoms. The van der Waals surface area contributed by atoms with E-state index < -0.39 is 0 Å². The van der Waals surface area contributed by atoms with Gasteiger partial charge in [0.25, 0.3) is 0 Å². The number of benzene rings is 1. The van der Waals surface area contributed by atoms with Crippen LogP contribution in [0.4, 0.5) is 0 Å². The second kappa shape index (κ2) is 5.71. The molecule has 1 aromatic carbocycles. The van der Waals surface area contributed by atoms with Crippen LogP contribution in [0.1, 0.15) is 18.4 Å². The normalized spacial score (nSPS) is 9.93. The van der Waals surface area contributed by atoms with E-state index in [2.05, 4.69) is 0 Å². The first-order valence-electron chi connectivity index (χ1n) is 4.46. The van der Waals surface area contributed by atoms with Gasteiger partial charge in [0.1, 0.15) is 0 Å². The van der Waals surface area contributed by atoms with Gasteiger partial charge in [0.05, 0.1) is 6.07 Å². The lowest BCUT2D eigenvalue weighted by Gasteiger charge is -1.90. The lowest BCUT2D eigenvalue weighted by Crippen LogP contribution is -1.90. The van der Waals surface area contributed by atoms with Gasteiger partial charge < -0.3 is 0 Å². The molecule has 0 N–H and O–H groups in total. The van der Waals surface area contributed by atoms with Crippen molar-refractivity contribution in [3.8, 4) is 6.07 Å². The quantitative estimate of drug-likeness (QED) is 0.676. The first-order valence-corrected chi connectivity index (χ1v) is 4.46. The number of rotatable bonds is 4. The smallest absolute Gasteiger partial charge is 0.156 e. The Hall–Kier alpha value is -1.88. The van der Waals surface area contributed by atoms with Crippen LogP contribution in [0, 0.1) is 11.3 Å². The Morgan fingerprint density at radius 3 is 2.71 bits per heavy atom. The molecule has 0 bridgehead atoms. The summed E-state index contributed by atoms with van der Waals surface area (Å²) >= 11 is 0. The van der Waals surface area contributed by atoms with Crippen LogP contribution < -0.4 is 0 Å². The van der Waals surface area contributed by atoms with Gasteiger partial charge in [0.2, 0.25) is 0 Å². The van der Waals surface area contributed by atoms with E-state index in [1.54, 1.807) is 6.08 Å². The molecule has 0 aliphatic carbocycles. The van der Waals surface area contributed by atoms with Crippen molar-refractivity contribution in [3.63, 3.8) is 0 Å². The molecule has 0 amide bonds. The molecule has 0 heterocycles. The molecule has 0 unspecified atom stereocenters. The molecule has 0 saturated heterocycles. The number of allylic oxidation sites excluding steroid dienone is 1. The van der Waals surface area contributed by atoms with Gasteiger partial charge in [-0.3, -0.25) is 4.79 Å². The van der Waals surface area contributed by atoms with Crippen LogP contribution in [-0.2, 0) is 4.79 Å². The van der Waals surface area contributed by atoms with Crippen molar-refractivity contribution < 1.29 is 4.79 Å². The molecule has 2 nitrogen and oxygen atoms in total. The van der Waals surface area contributed by atoms with Gasteiger partial charge in [-0.15, -0.1) is 0 Å². The van der Waals surface area contributed by atoms with E-state index in [-0.39, 0.29) is 12.2 Å². The third-order valence-electron chi connectivity index (χ3n) is 1.74. The highest BCUT2D eigenvalue weighted by Gasteiger charge is 1.94. The van der Waals surface area contributed by atoms with Crippen molar-refractivity contribution in [2.75, 3.05) is 0 Å². The summed E-state index contributed by atoms with van der Waals surface area (Å²) in [7, 11) is 0. The van der Waals surface area contributed by atoms with Gasteiger partial charge in [-0.25, -0.2) is 0 Å². The zero-order chi connectivity index (χ0) is 10.2. The molecule has 0 fully saturated rings. The molecule has 70 valence electrons. The number of hydrogen-bond acceptors (Lipinski definition) is 2. The van der Waals surface area contributed by atoms with Crippen molar-refractivity contribution in [2.45, 2.75) is 12.8 Å². The minimum atomic E-state index is -0.00426. The Balaban J connectivity index is 2.49. The molecule has 0 aliphatic heterocycles. The first kappa shape index (κ1) is 10.2. The SMILES string of the molecule is N#CCCC(=O)/C=C/c1ccccc1. The zero-order valence-electron chi connectivity index (χ0n) is 7.81. The first-order chi connectivity index (χ1) is 6.83. The number of carbonyl (C=O) groups is 1. The molecule has 0 aromatic heterocycles. The molecule has 0 atom stereocenters. The van der Waals surface area contributed by atoms with Crippen molar-refractivity contribution in [1.29, 1.82) is 5.26 Å². The summed E-state index contributed by atoms with van der Waals surface area (Å²) in [5.74, 6) is -0.00426. The van der Waals surface area contributed by atoms with Gasteiger partial charge in [0, 0.05) is 12.8 Å². The van der Waals surface area contributed by atoms with Crippen LogP contribution in [-0.4, -0.2) is 5.78 Å². The summed E-state index contributed by atoms with van der Waals surface area (Å²) in [5, 5.41) is 8.27. The van der Waals surface area contributed by atoms with Crippen LogP contribution in [0.5, 0.6) is 0 Å². The highest BCUT2D eigenvalue weighted by molar-refractivity contribution is 5.93. The van der Waals surface area contributed by atoms with Crippen molar-refractivity contribution in [2.24, 2.45) is 0 Å². The van der Waals surface area contributed by atoms with Crippen LogP contribution in [0.15, 0.2) is 36.4 Å². The highest BCUT2D eigenvalue weighted by Crippen LogP contribution is 2.02. The van der Waals surface area contributed by atoms with Gasteiger partial charge in [-0.2, -0.15) is 5.26 Å². The maximum atomic E-state index is 11.1. The monoisotopic (exact) mass is 185 g/mol. The lowest BCUT2D eigenvalue weighted by atomic mass is 10.1. The fourth-order valence-electron chi connectivity index (χ4n) is 1.02. The number of hydrogen-bond donors (Lipinski definition) is 0. The number of nitrogens with zero attached hydrogens (tertiary/aromatic N) is 1. The van der Waals surface area contributed by atoms with E-state index in [0.717, 1.165) is 5.56 Å². The minimum absolute atomic E-state index is 0.00426. The topological polar surface area (TPSA) is 40.9 Å². The fourth-order valence-corrected chi connectivity index (χ4v) is 1.02. The third-order valence-corrected chi connectivity index (χ3v) is 1.74. The third kappa shape index (κ3) is 3.68. The van der Waals surface area contributed by atoms with Gasteiger partial charge in [-0.1, -0.05) is 36.4 Å². The van der Waals surface area contributed by atoms with Crippen LogP contribution >= 0.6 is 0 Å². The maximum Gasteiger partial charge on any atom is 0.156 e. The van der Waals surface area contributed by atoms with Crippen molar-refractivity contribution in [1.82, 2.24) is 0 Å². The molecular weight excluding hydrogens is 174 g/mol. The van der Waals surface area contributed by atoms with Gasteiger partial charge >= 0.3 is 0 Å². The predicted octanol–water partition coefficient (Wildman–Crippen LogP) is 2.57. The lowest BCUT2D eigenvalue weighted by molar-refractivity contribution is -0.114. The van der Waals surface area contributed by atoms with E-state index >= 15 is 0 Å². The second-order valence-corrected chi connectivity index (χ2v) is 2.87. The average molecular weight is 185 g/mol. The van der Waals surface area contributed by atoms with E-state index in [1.807, 2.05) is 36.4 Å². The Labute approximate surface area is 83.5 Å². The molecule has 1 rings (SSSR count). The zero-order valence-corrected chi connectivity index (χ0v) is 7.81. The Morgan fingerprint density at radius 2 is 2.07 bits per heavy atom. The summed E-state index contributed by atoms with van der Waals surface area (Å²) in [4.78, 5) is 11.1. The second-order valence-electron chi connectivity index (χ2n) is 2.87. The van der Waals surface area contributed by atoms with Gasteiger partial charge in [0.15, 0.2) is 5.78 Å². The van der Waals surface area contributed by atoms with Crippen molar-refractivity contribution in [3.05, 3.63) is 42.0 Å². The highest BCUT2D eigenvalue weighted by atomic mass is 16.1. The van der Waals surface area contributed by atoms with Crippen molar-refractivity contribution >= 4 is 11.9 Å². The van der Waals surface area contributed by atoms with E-state index in [0.29, 0.717) is 6.42 Å². The molecule has 0 aliphatic rings. The molecule has 14 heavy (non-hydrogen) atoms. The van der Waals surface area contributed by atoms with Crippen LogP contribution in [0.2, 0.25) is 0 Å². The molecule has 0 spiro atoms. The summed E-state index contributed by atoms with van der Waals surface area (Å²) in [5.41, 5.74) is 0.998. The summed E-state index contributed by atoms with van der Waals surface area (Å²) in [6.45, 7) is 0. The Morgan fingerprint density at radius 1 is 1.36 bits per heavy atom. The van der Waals surface area contributed by atoms with Crippen LogP contribution in [0.25, 0.3) is 6.08 Å². The molecular formula is C12H11NO. The minimum Gasteiger partial charge on any atom is -0.295 e. The summed E-state index contributed by atoms with van der Waals surface area (Å²) < 4.78 is 0.